The minimum absolute atomic E-state index is 0.0773. The number of hydrogen-bond acceptors (Lipinski definition) is 3. The van der Waals surface area contributed by atoms with Crippen LogP contribution in [0.15, 0.2) is 54.6 Å². The number of rotatable bonds is 7. The zero-order chi connectivity index (χ0) is 19.3. The van der Waals surface area contributed by atoms with Gasteiger partial charge in [-0.3, -0.25) is 14.5 Å². The third kappa shape index (κ3) is 4.60. The molecule has 1 aliphatic heterocycles. The van der Waals surface area contributed by atoms with Crippen LogP contribution < -0.4 is 10.6 Å². The number of carbonyl (C=O) groups excluding carboxylic acids is 2. The van der Waals surface area contributed by atoms with E-state index in [2.05, 4.69) is 39.8 Å². The van der Waals surface area contributed by atoms with E-state index in [-0.39, 0.29) is 23.8 Å². The van der Waals surface area contributed by atoms with E-state index in [9.17, 15) is 9.59 Å². The van der Waals surface area contributed by atoms with Crippen LogP contribution in [0.4, 0.5) is 5.69 Å². The van der Waals surface area contributed by atoms with Crippen LogP contribution in [0.1, 0.15) is 47.6 Å². The summed E-state index contributed by atoms with van der Waals surface area (Å²) in [6.07, 6.45) is 4.38. The molecule has 5 heteroatoms. The molecule has 1 atom stereocenters. The Morgan fingerprint density at radius 3 is 2.29 bits per heavy atom. The van der Waals surface area contributed by atoms with Crippen LogP contribution in [0.25, 0.3) is 0 Å². The van der Waals surface area contributed by atoms with Crippen molar-refractivity contribution in [2.75, 3.05) is 25.0 Å². The van der Waals surface area contributed by atoms with Gasteiger partial charge in [0.15, 0.2) is 0 Å². The Labute approximate surface area is 166 Å². The van der Waals surface area contributed by atoms with E-state index >= 15 is 0 Å². The average Bonchev–Trinajstić information content (AvgIpc) is 3.45. The lowest BCUT2D eigenvalue weighted by Crippen LogP contribution is -2.36. The second-order valence-corrected chi connectivity index (χ2v) is 7.72. The van der Waals surface area contributed by atoms with Crippen molar-refractivity contribution >= 4 is 17.5 Å². The first-order valence-electron chi connectivity index (χ1n) is 10.2. The molecule has 1 saturated carbocycles. The van der Waals surface area contributed by atoms with Gasteiger partial charge in [0.1, 0.15) is 0 Å². The molecule has 28 heavy (non-hydrogen) atoms. The number of likely N-dealkylation sites (tertiary alicyclic amines) is 1. The summed E-state index contributed by atoms with van der Waals surface area (Å²) in [4.78, 5) is 26.9. The minimum atomic E-state index is -0.0832. The normalized spacial score (nSPS) is 17.9. The fourth-order valence-corrected chi connectivity index (χ4v) is 3.77. The Morgan fingerprint density at radius 1 is 0.964 bits per heavy atom. The maximum absolute atomic E-state index is 12.6. The highest BCUT2D eigenvalue weighted by Gasteiger charge is 2.29. The van der Waals surface area contributed by atoms with Gasteiger partial charge in [0.25, 0.3) is 5.91 Å². The zero-order valence-corrected chi connectivity index (χ0v) is 16.1. The summed E-state index contributed by atoms with van der Waals surface area (Å²) in [5.74, 6) is 0.164. The van der Waals surface area contributed by atoms with E-state index in [0.29, 0.717) is 12.1 Å². The van der Waals surface area contributed by atoms with E-state index < -0.39 is 0 Å². The van der Waals surface area contributed by atoms with Crippen molar-refractivity contribution in [3.05, 3.63) is 65.7 Å². The molecule has 0 spiro atoms. The number of benzene rings is 2. The molecule has 5 nitrogen and oxygen atoms in total. The maximum Gasteiger partial charge on any atom is 0.251 e. The zero-order valence-electron chi connectivity index (χ0n) is 16.1. The van der Waals surface area contributed by atoms with Crippen LogP contribution in [0, 0.1) is 5.92 Å². The lowest BCUT2D eigenvalue weighted by molar-refractivity contribution is -0.117. The summed E-state index contributed by atoms with van der Waals surface area (Å²) in [6, 6.07) is 17.7. The smallest absolute Gasteiger partial charge is 0.251 e. The van der Waals surface area contributed by atoms with Crippen molar-refractivity contribution in [1.29, 1.82) is 0 Å². The van der Waals surface area contributed by atoms with Gasteiger partial charge in [-0.15, -0.1) is 0 Å². The first-order chi connectivity index (χ1) is 13.7. The van der Waals surface area contributed by atoms with Gasteiger partial charge in [-0.05, 0) is 68.6 Å². The van der Waals surface area contributed by atoms with Gasteiger partial charge in [0, 0.05) is 23.7 Å². The summed E-state index contributed by atoms with van der Waals surface area (Å²) in [5.41, 5.74) is 2.59. The molecule has 146 valence electrons. The minimum Gasteiger partial charge on any atom is -0.350 e. The monoisotopic (exact) mass is 377 g/mol. The van der Waals surface area contributed by atoms with Gasteiger partial charge in [-0.2, -0.15) is 0 Å². The van der Waals surface area contributed by atoms with Gasteiger partial charge < -0.3 is 10.6 Å². The Kier molecular flexibility index (Phi) is 5.72. The first-order valence-corrected chi connectivity index (χ1v) is 10.2. The lowest BCUT2D eigenvalue weighted by Gasteiger charge is -2.28. The van der Waals surface area contributed by atoms with Crippen LogP contribution in [-0.2, 0) is 4.79 Å². The SMILES string of the molecule is O=C(NCC(c1ccccc1)N1CCCC1)c1ccc(NC(=O)C2CC2)cc1. The topological polar surface area (TPSA) is 61.4 Å². The molecule has 2 fully saturated rings. The molecule has 4 rings (SSSR count). The second-order valence-electron chi connectivity index (χ2n) is 7.72. The first kappa shape index (κ1) is 18.7. The van der Waals surface area contributed by atoms with Crippen molar-refractivity contribution in [1.82, 2.24) is 10.2 Å². The molecule has 1 aliphatic carbocycles. The molecule has 1 saturated heterocycles. The van der Waals surface area contributed by atoms with Crippen molar-refractivity contribution in [3.8, 4) is 0 Å². The van der Waals surface area contributed by atoms with Crippen molar-refractivity contribution < 1.29 is 9.59 Å². The summed E-state index contributed by atoms with van der Waals surface area (Å²) in [7, 11) is 0. The van der Waals surface area contributed by atoms with E-state index in [1.807, 2.05) is 6.07 Å². The molecule has 2 aromatic rings. The molecule has 1 unspecified atom stereocenters. The summed E-state index contributed by atoms with van der Waals surface area (Å²) >= 11 is 0. The third-order valence-electron chi connectivity index (χ3n) is 5.58. The summed E-state index contributed by atoms with van der Waals surface area (Å²) < 4.78 is 0. The highest BCUT2D eigenvalue weighted by molar-refractivity contribution is 5.96. The average molecular weight is 377 g/mol. The number of nitrogens with one attached hydrogen (secondary N) is 2. The molecule has 2 aliphatic rings. The van der Waals surface area contributed by atoms with Gasteiger partial charge >= 0.3 is 0 Å². The molecular formula is C23H27N3O2. The van der Waals surface area contributed by atoms with Crippen molar-refractivity contribution in [2.45, 2.75) is 31.7 Å². The van der Waals surface area contributed by atoms with Gasteiger partial charge in [0.05, 0.1) is 6.04 Å². The van der Waals surface area contributed by atoms with E-state index in [1.54, 1.807) is 24.3 Å². The van der Waals surface area contributed by atoms with Gasteiger partial charge in [-0.25, -0.2) is 0 Å². The van der Waals surface area contributed by atoms with E-state index in [1.165, 1.54) is 18.4 Å². The van der Waals surface area contributed by atoms with Crippen LogP contribution in [0.2, 0.25) is 0 Å². The van der Waals surface area contributed by atoms with Crippen molar-refractivity contribution in [3.63, 3.8) is 0 Å². The quantitative estimate of drug-likeness (QED) is 0.775. The maximum atomic E-state index is 12.6. The Morgan fingerprint density at radius 2 is 1.64 bits per heavy atom. The lowest BCUT2D eigenvalue weighted by atomic mass is 10.1. The molecule has 2 amide bonds. The van der Waals surface area contributed by atoms with Crippen LogP contribution >= 0.6 is 0 Å². The molecule has 2 N–H and O–H groups in total. The highest BCUT2D eigenvalue weighted by Crippen LogP contribution is 2.30. The number of amides is 2. The molecule has 2 aromatic carbocycles. The number of carbonyl (C=O) groups is 2. The molecule has 0 aromatic heterocycles. The Balaban J connectivity index is 1.37. The highest BCUT2D eigenvalue weighted by atomic mass is 16.2. The third-order valence-corrected chi connectivity index (χ3v) is 5.58. The van der Waals surface area contributed by atoms with Crippen LogP contribution in [0.3, 0.4) is 0 Å². The van der Waals surface area contributed by atoms with E-state index in [0.717, 1.165) is 31.6 Å². The molecular weight excluding hydrogens is 350 g/mol. The number of hydrogen-bond donors (Lipinski definition) is 2. The largest absolute Gasteiger partial charge is 0.350 e. The molecule has 0 bridgehead atoms. The van der Waals surface area contributed by atoms with Gasteiger partial charge in [-0.1, -0.05) is 30.3 Å². The molecule has 1 heterocycles. The van der Waals surface area contributed by atoms with Crippen LogP contribution in [-0.4, -0.2) is 36.3 Å². The Hall–Kier alpha value is -2.66. The van der Waals surface area contributed by atoms with Gasteiger partial charge in [0.2, 0.25) is 5.91 Å². The number of nitrogens with zero attached hydrogens (tertiary/aromatic N) is 1. The Bertz CT molecular complexity index is 810. The summed E-state index contributed by atoms with van der Waals surface area (Å²) in [6.45, 7) is 2.73. The fraction of sp³-hybridized carbons (Fsp3) is 0.391. The second kappa shape index (κ2) is 8.57. The standard InChI is InChI=1S/C23H27N3O2/c27-22(18-10-12-20(13-11-18)25-23(28)19-8-9-19)24-16-21(26-14-4-5-15-26)17-6-2-1-3-7-17/h1-3,6-7,10-13,19,21H,4-5,8-9,14-16H2,(H,24,27)(H,25,28). The predicted molar refractivity (Wildman–Crippen MR) is 110 cm³/mol. The van der Waals surface area contributed by atoms with Crippen LogP contribution in [0.5, 0.6) is 0 Å². The fourth-order valence-electron chi connectivity index (χ4n) is 3.77. The number of anilines is 1. The predicted octanol–water partition coefficient (Wildman–Crippen LogP) is 3.60. The molecule has 0 radical (unpaired) electrons. The summed E-state index contributed by atoms with van der Waals surface area (Å²) in [5, 5.41) is 6.00. The van der Waals surface area contributed by atoms with Crippen molar-refractivity contribution in [2.24, 2.45) is 5.92 Å². The van der Waals surface area contributed by atoms with E-state index in [4.69, 9.17) is 0 Å².